The Kier molecular flexibility index (Phi) is 7.95. The van der Waals surface area contributed by atoms with Gasteiger partial charge < -0.3 is 15.5 Å². The molecule has 2 rings (SSSR count). The van der Waals surface area contributed by atoms with Crippen molar-refractivity contribution in [3.63, 3.8) is 0 Å². The first kappa shape index (κ1) is 20.3. The molecule has 1 saturated heterocycles. The zero-order chi connectivity index (χ0) is 18.9. The molecule has 1 aromatic rings. The average Bonchev–Trinajstić information content (AvgIpc) is 3.14. The maximum Gasteiger partial charge on any atom is 0.253 e. The minimum atomic E-state index is -0.0670. The normalized spacial score (nSPS) is 13.9. The van der Waals surface area contributed by atoms with E-state index in [-0.39, 0.29) is 11.8 Å². The summed E-state index contributed by atoms with van der Waals surface area (Å²) in [5.41, 5.74) is 2.32. The molecule has 1 fully saturated rings. The summed E-state index contributed by atoms with van der Waals surface area (Å²) in [4.78, 5) is 27.1. The molecule has 0 radical (unpaired) electrons. The van der Waals surface area contributed by atoms with Gasteiger partial charge in [-0.2, -0.15) is 0 Å². The van der Waals surface area contributed by atoms with Crippen molar-refractivity contribution in [2.24, 2.45) is 5.92 Å². The molecule has 5 nitrogen and oxygen atoms in total. The summed E-state index contributed by atoms with van der Waals surface area (Å²) in [5, 5.41) is 5.95. The third kappa shape index (κ3) is 6.04. The highest BCUT2D eigenvalue weighted by atomic mass is 16.2. The smallest absolute Gasteiger partial charge is 0.253 e. The van der Waals surface area contributed by atoms with E-state index in [1.54, 1.807) is 0 Å². The van der Waals surface area contributed by atoms with Gasteiger partial charge in [-0.1, -0.05) is 33.6 Å². The zero-order valence-electron chi connectivity index (χ0n) is 16.4. The molecule has 0 spiro atoms. The average molecular weight is 360 g/mol. The van der Waals surface area contributed by atoms with Crippen LogP contribution < -0.4 is 15.5 Å². The number of carbonyl (C=O) groups excluding carboxylic acids is 2. The first-order valence-electron chi connectivity index (χ1n) is 9.98. The minimum Gasteiger partial charge on any atom is -0.371 e. The minimum absolute atomic E-state index is 0.0147. The first-order chi connectivity index (χ1) is 12.5. The third-order valence-corrected chi connectivity index (χ3v) is 4.65. The molecule has 1 aromatic carbocycles. The van der Waals surface area contributed by atoms with Crippen molar-refractivity contribution < 1.29 is 9.59 Å². The molecule has 144 valence electrons. The monoisotopic (exact) mass is 359 g/mol. The molecule has 0 atom stereocenters. The summed E-state index contributed by atoms with van der Waals surface area (Å²) in [5.74, 6) is 0.347. The molecule has 0 unspecified atom stereocenters. The van der Waals surface area contributed by atoms with Crippen LogP contribution in [0.15, 0.2) is 18.2 Å². The fraction of sp³-hybridized carbons (Fsp3) is 0.619. The molecule has 0 aromatic heterocycles. The van der Waals surface area contributed by atoms with Gasteiger partial charge in [-0.15, -0.1) is 0 Å². The Hall–Kier alpha value is -2.04. The van der Waals surface area contributed by atoms with Crippen molar-refractivity contribution in [2.45, 2.75) is 59.3 Å². The van der Waals surface area contributed by atoms with Crippen LogP contribution >= 0.6 is 0 Å². The highest BCUT2D eigenvalue weighted by molar-refractivity contribution is 6.02. The highest BCUT2D eigenvalue weighted by Crippen LogP contribution is 2.27. The second-order valence-corrected chi connectivity index (χ2v) is 7.54. The van der Waals surface area contributed by atoms with Gasteiger partial charge in [-0.05, 0) is 43.4 Å². The largest absolute Gasteiger partial charge is 0.371 e. The van der Waals surface area contributed by atoms with Crippen LogP contribution in [0.4, 0.5) is 11.4 Å². The maximum atomic E-state index is 12.7. The summed E-state index contributed by atoms with van der Waals surface area (Å²) in [6, 6.07) is 5.70. The van der Waals surface area contributed by atoms with Crippen molar-refractivity contribution in [2.75, 3.05) is 29.9 Å². The zero-order valence-corrected chi connectivity index (χ0v) is 16.4. The molecule has 26 heavy (non-hydrogen) atoms. The number of anilines is 2. The SMILES string of the molecule is CCCCCC(=O)Nc1ccc(N2CCCC2)c(C(=O)NCC(C)C)c1. The Morgan fingerprint density at radius 2 is 1.88 bits per heavy atom. The number of benzene rings is 1. The number of hydrogen-bond donors (Lipinski definition) is 2. The van der Waals surface area contributed by atoms with Crippen molar-refractivity contribution in [3.05, 3.63) is 23.8 Å². The Balaban J connectivity index is 2.14. The van der Waals surface area contributed by atoms with E-state index in [2.05, 4.69) is 36.3 Å². The number of nitrogens with one attached hydrogen (secondary N) is 2. The van der Waals surface area contributed by atoms with Gasteiger partial charge in [0.15, 0.2) is 0 Å². The Bertz CT molecular complexity index is 607. The molecule has 5 heteroatoms. The Labute approximate surface area is 157 Å². The second kappa shape index (κ2) is 10.2. The van der Waals surface area contributed by atoms with Gasteiger partial charge in [0.25, 0.3) is 5.91 Å². The van der Waals surface area contributed by atoms with Crippen LogP contribution in [0.5, 0.6) is 0 Å². The summed E-state index contributed by atoms with van der Waals surface area (Å²) in [7, 11) is 0. The van der Waals surface area contributed by atoms with E-state index in [4.69, 9.17) is 0 Å². The number of rotatable bonds is 9. The fourth-order valence-corrected chi connectivity index (χ4v) is 3.18. The standard InChI is InChI=1S/C21H33N3O2/c1-4-5-6-9-20(25)23-17-10-11-19(24-12-7-8-13-24)18(14-17)21(26)22-15-16(2)3/h10-11,14,16H,4-9,12-13,15H2,1-3H3,(H,22,26)(H,23,25). The number of hydrogen-bond acceptors (Lipinski definition) is 3. The molecular formula is C21H33N3O2. The predicted octanol–water partition coefficient (Wildman–Crippen LogP) is 4.19. The van der Waals surface area contributed by atoms with Crippen LogP contribution in [-0.4, -0.2) is 31.4 Å². The van der Waals surface area contributed by atoms with Crippen LogP contribution in [0.1, 0.15) is 69.7 Å². The summed E-state index contributed by atoms with van der Waals surface area (Å²) in [6.45, 7) is 8.88. The van der Waals surface area contributed by atoms with Crippen LogP contribution in [0.25, 0.3) is 0 Å². The fourth-order valence-electron chi connectivity index (χ4n) is 3.18. The van der Waals surface area contributed by atoms with E-state index >= 15 is 0 Å². The maximum absolute atomic E-state index is 12.7. The van der Waals surface area contributed by atoms with Crippen LogP contribution in [0, 0.1) is 5.92 Å². The number of unbranched alkanes of at least 4 members (excludes halogenated alkanes) is 2. The van der Waals surface area contributed by atoms with E-state index in [0.717, 1.165) is 50.9 Å². The molecule has 1 aliphatic rings. The molecular weight excluding hydrogens is 326 g/mol. The van der Waals surface area contributed by atoms with Gasteiger partial charge in [-0.25, -0.2) is 0 Å². The molecule has 1 aliphatic heterocycles. The lowest BCUT2D eigenvalue weighted by atomic mass is 10.1. The summed E-state index contributed by atoms with van der Waals surface area (Å²) >= 11 is 0. The number of carbonyl (C=O) groups is 2. The van der Waals surface area contributed by atoms with Crippen LogP contribution in [0.2, 0.25) is 0 Å². The van der Waals surface area contributed by atoms with E-state index < -0.39 is 0 Å². The predicted molar refractivity (Wildman–Crippen MR) is 108 cm³/mol. The molecule has 2 amide bonds. The third-order valence-electron chi connectivity index (χ3n) is 4.65. The van der Waals surface area contributed by atoms with Crippen molar-refractivity contribution in [1.29, 1.82) is 0 Å². The van der Waals surface area contributed by atoms with E-state index in [1.165, 1.54) is 0 Å². The van der Waals surface area contributed by atoms with Crippen LogP contribution in [0.3, 0.4) is 0 Å². The van der Waals surface area contributed by atoms with Crippen molar-refractivity contribution in [1.82, 2.24) is 5.32 Å². The van der Waals surface area contributed by atoms with Gasteiger partial charge in [0.1, 0.15) is 0 Å². The van der Waals surface area contributed by atoms with Crippen molar-refractivity contribution in [3.8, 4) is 0 Å². The topological polar surface area (TPSA) is 61.4 Å². The van der Waals surface area contributed by atoms with Gasteiger partial charge in [0, 0.05) is 37.4 Å². The lowest BCUT2D eigenvalue weighted by Crippen LogP contribution is -2.30. The van der Waals surface area contributed by atoms with E-state index in [1.807, 2.05) is 18.2 Å². The summed E-state index contributed by atoms with van der Waals surface area (Å²) in [6.07, 6.45) is 5.89. The second-order valence-electron chi connectivity index (χ2n) is 7.54. The molecule has 0 bridgehead atoms. The van der Waals surface area contributed by atoms with Gasteiger partial charge in [0.05, 0.1) is 5.56 Å². The molecule has 0 aliphatic carbocycles. The lowest BCUT2D eigenvalue weighted by molar-refractivity contribution is -0.116. The highest BCUT2D eigenvalue weighted by Gasteiger charge is 2.20. The van der Waals surface area contributed by atoms with Gasteiger partial charge in [0.2, 0.25) is 5.91 Å². The van der Waals surface area contributed by atoms with Crippen molar-refractivity contribution >= 4 is 23.2 Å². The Morgan fingerprint density at radius 3 is 2.54 bits per heavy atom. The first-order valence-corrected chi connectivity index (χ1v) is 9.98. The Morgan fingerprint density at radius 1 is 1.15 bits per heavy atom. The number of nitrogens with zero attached hydrogens (tertiary/aromatic N) is 1. The van der Waals surface area contributed by atoms with Gasteiger partial charge in [-0.3, -0.25) is 9.59 Å². The van der Waals surface area contributed by atoms with E-state index in [0.29, 0.717) is 30.1 Å². The van der Waals surface area contributed by atoms with Gasteiger partial charge >= 0.3 is 0 Å². The molecule has 1 heterocycles. The summed E-state index contributed by atoms with van der Waals surface area (Å²) < 4.78 is 0. The van der Waals surface area contributed by atoms with Crippen LogP contribution in [-0.2, 0) is 4.79 Å². The quantitative estimate of drug-likeness (QED) is 0.650. The molecule has 0 saturated carbocycles. The number of amides is 2. The van der Waals surface area contributed by atoms with E-state index in [9.17, 15) is 9.59 Å². The molecule has 2 N–H and O–H groups in total. The lowest BCUT2D eigenvalue weighted by Gasteiger charge is -2.22.